The molecule has 2 fully saturated rings. The van der Waals surface area contributed by atoms with Gasteiger partial charge in [0, 0.05) is 35.3 Å². The highest BCUT2D eigenvalue weighted by molar-refractivity contribution is 6.30. The van der Waals surface area contributed by atoms with Crippen LogP contribution in [0.3, 0.4) is 0 Å². The monoisotopic (exact) mass is 306 g/mol. The van der Waals surface area contributed by atoms with Crippen LogP contribution in [0.2, 0.25) is 5.02 Å². The average molecular weight is 307 g/mol. The molecule has 1 aromatic carbocycles. The number of benzene rings is 1. The van der Waals surface area contributed by atoms with Gasteiger partial charge in [0.15, 0.2) is 0 Å². The second kappa shape index (κ2) is 6.37. The summed E-state index contributed by atoms with van der Waals surface area (Å²) in [6.07, 6.45) is 5.71. The van der Waals surface area contributed by atoms with Crippen LogP contribution in [0.25, 0.3) is 0 Å². The zero-order chi connectivity index (χ0) is 14.8. The topological polar surface area (TPSA) is 32.3 Å². The molecule has 0 aliphatic carbocycles. The first-order valence-corrected chi connectivity index (χ1v) is 8.37. The van der Waals surface area contributed by atoms with Crippen molar-refractivity contribution in [3.63, 3.8) is 0 Å². The summed E-state index contributed by atoms with van der Waals surface area (Å²) in [5.74, 6) is 0.153. The fraction of sp³-hybridized carbons (Fsp3) is 0.588. The van der Waals surface area contributed by atoms with Crippen molar-refractivity contribution >= 4 is 17.5 Å². The minimum Gasteiger partial charge on any atom is -0.336 e. The van der Waals surface area contributed by atoms with Crippen LogP contribution >= 0.6 is 11.6 Å². The number of hydrogen-bond acceptors (Lipinski definition) is 2. The number of rotatable bonds is 4. The van der Waals surface area contributed by atoms with E-state index in [0.717, 1.165) is 31.4 Å². The normalized spacial score (nSPS) is 27.6. The lowest BCUT2D eigenvalue weighted by atomic mass is 9.97. The van der Waals surface area contributed by atoms with Crippen molar-refractivity contribution in [2.24, 2.45) is 0 Å². The molecule has 0 radical (unpaired) electrons. The minimum absolute atomic E-state index is 0.153. The second-order valence-corrected chi connectivity index (χ2v) is 6.70. The van der Waals surface area contributed by atoms with Crippen molar-refractivity contribution in [1.82, 2.24) is 10.2 Å². The Hall–Kier alpha value is -1.06. The molecule has 1 aromatic rings. The standard InChI is InChI=1S/C17H23ClN2O/c1-2-9-20(16-10-14-7-8-15(11-16)19-14)17(21)12-3-5-13(18)6-4-12/h3-6,14-16,19H,2,7-11H2,1H3. The number of piperidine rings is 1. The second-order valence-electron chi connectivity index (χ2n) is 6.27. The summed E-state index contributed by atoms with van der Waals surface area (Å²) >= 11 is 5.92. The molecule has 3 rings (SSSR count). The lowest BCUT2D eigenvalue weighted by Gasteiger charge is -2.38. The van der Waals surface area contributed by atoms with E-state index in [1.54, 1.807) is 12.1 Å². The molecule has 1 amide bonds. The van der Waals surface area contributed by atoms with Crippen LogP contribution in [0.5, 0.6) is 0 Å². The maximum absolute atomic E-state index is 12.8. The molecule has 3 nitrogen and oxygen atoms in total. The summed E-state index contributed by atoms with van der Waals surface area (Å²) in [5.41, 5.74) is 0.749. The van der Waals surface area contributed by atoms with Gasteiger partial charge < -0.3 is 10.2 Å². The number of carbonyl (C=O) groups is 1. The smallest absolute Gasteiger partial charge is 0.254 e. The quantitative estimate of drug-likeness (QED) is 0.923. The molecule has 0 saturated carbocycles. The van der Waals surface area contributed by atoms with Crippen LogP contribution in [0.4, 0.5) is 0 Å². The highest BCUT2D eigenvalue weighted by Gasteiger charge is 2.37. The highest BCUT2D eigenvalue weighted by Crippen LogP contribution is 2.30. The molecule has 2 unspecified atom stereocenters. The number of hydrogen-bond donors (Lipinski definition) is 1. The summed E-state index contributed by atoms with van der Waals surface area (Å²) in [6, 6.07) is 8.85. The number of nitrogens with one attached hydrogen (secondary N) is 1. The summed E-state index contributed by atoms with van der Waals surface area (Å²) in [4.78, 5) is 14.9. The number of halogens is 1. The Morgan fingerprint density at radius 3 is 2.43 bits per heavy atom. The molecule has 114 valence electrons. The third-order valence-electron chi connectivity index (χ3n) is 4.71. The van der Waals surface area contributed by atoms with Crippen LogP contribution in [0.15, 0.2) is 24.3 Å². The molecule has 2 saturated heterocycles. The molecule has 2 atom stereocenters. The average Bonchev–Trinajstić information content (AvgIpc) is 2.83. The zero-order valence-corrected chi connectivity index (χ0v) is 13.3. The summed E-state index contributed by atoms with van der Waals surface area (Å²) < 4.78 is 0. The molecule has 2 heterocycles. The van der Waals surface area contributed by atoms with E-state index in [1.807, 2.05) is 12.1 Å². The van der Waals surface area contributed by atoms with E-state index in [1.165, 1.54) is 12.8 Å². The molecule has 0 spiro atoms. The van der Waals surface area contributed by atoms with Crippen molar-refractivity contribution in [2.75, 3.05) is 6.54 Å². The van der Waals surface area contributed by atoms with Gasteiger partial charge in [-0.05, 0) is 56.4 Å². The molecular weight excluding hydrogens is 284 g/mol. The van der Waals surface area contributed by atoms with Gasteiger partial charge in [-0.25, -0.2) is 0 Å². The van der Waals surface area contributed by atoms with Crippen molar-refractivity contribution in [3.8, 4) is 0 Å². The van der Waals surface area contributed by atoms with Crippen LogP contribution in [-0.4, -0.2) is 35.5 Å². The summed E-state index contributed by atoms with van der Waals surface area (Å²) in [5, 5.41) is 4.32. The van der Waals surface area contributed by atoms with Crippen LogP contribution in [-0.2, 0) is 0 Å². The molecule has 0 aromatic heterocycles. The fourth-order valence-corrected chi connectivity index (χ4v) is 3.86. The van der Waals surface area contributed by atoms with E-state index in [-0.39, 0.29) is 5.91 Å². The molecule has 4 heteroatoms. The van der Waals surface area contributed by atoms with Crippen LogP contribution in [0.1, 0.15) is 49.4 Å². The Morgan fingerprint density at radius 2 is 1.86 bits per heavy atom. The number of amides is 1. The Labute approximate surface area is 131 Å². The van der Waals surface area contributed by atoms with Gasteiger partial charge in [0.25, 0.3) is 5.91 Å². The number of carbonyl (C=O) groups excluding carboxylic acids is 1. The van der Waals surface area contributed by atoms with Gasteiger partial charge in [0.2, 0.25) is 0 Å². The summed E-state index contributed by atoms with van der Waals surface area (Å²) in [7, 11) is 0. The third-order valence-corrected chi connectivity index (χ3v) is 4.96. The van der Waals surface area contributed by atoms with Crippen molar-refractivity contribution in [3.05, 3.63) is 34.9 Å². The van der Waals surface area contributed by atoms with E-state index >= 15 is 0 Å². The van der Waals surface area contributed by atoms with Gasteiger partial charge in [-0.2, -0.15) is 0 Å². The van der Waals surface area contributed by atoms with E-state index in [4.69, 9.17) is 11.6 Å². The Balaban J connectivity index is 1.77. The number of fused-ring (bicyclic) bond motifs is 2. The van der Waals surface area contributed by atoms with Crippen molar-refractivity contribution in [1.29, 1.82) is 0 Å². The maximum Gasteiger partial charge on any atom is 0.254 e. The van der Waals surface area contributed by atoms with Gasteiger partial charge >= 0.3 is 0 Å². The lowest BCUT2D eigenvalue weighted by molar-refractivity contribution is 0.0617. The van der Waals surface area contributed by atoms with Gasteiger partial charge in [0.05, 0.1) is 0 Å². The van der Waals surface area contributed by atoms with E-state index in [9.17, 15) is 4.79 Å². The fourth-order valence-electron chi connectivity index (χ4n) is 3.73. The van der Waals surface area contributed by atoms with Crippen molar-refractivity contribution in [2.45, 2.75) is 57.2 Å². The molecule has 1 N–H and O–H groups in total. The first-order chi connectivity index (χ1) is 10.2. The molecule has 2 bridgehead atoms. The van der Waals surface area contributed by atoms with Gasteiger partial charge in [-0.1, -0.05) is 18.5 Å². The minimum atomic E-state index is 0.153. The van der Waals surface area contributed by atoms with Gasteiger partial charge in [-0.15, -0.1) is 0 Å². The Bertz CT molecular complexity index is 490. The highest BCUT2D eigenvalue weighted by atomic mass is 35.5. The van der Waals surface area contributed by atoms with E-state index < -0.39 is 0 Å². The first kappa shape index (κ1) is 14.9. The van der Waals surface area contributed by atoms with E-state index in [2.05, 4.69) is 17.1 Å². The van der Waals surface area contributed by atoms with Crippen molar-refractivity contribution < 1.29 is 4.79 Å². The Morgan fingerprint density at radius 1 is 1.24 bits per heavy atom. The first-order valence-electron chi connectivity index (χ1n) is 8.00. The predicted molar refractivity (Wildman–Crippen MR) is 85.7 cm³/mol. The maximum atomic E-state index is 12.8. The predicted octanol–water partition coefficient (Wildman–Crippen LogP) is 3.48. The number of nitrogens with zero attached hydrogens (tertiary/aromatic N) is 1. The molecule has 2 aliphatic rings. The molecular formula is C17H23ClN2O. The zero-order valence-electron chi connectivity index (χ0n) is 12.5. The SMILES string of the molecule is CCCN(C(=O)c1ccc(Cl)cc1)C1CC2CCC(C1)N2. The third kappa shape index (κ3) is 3.24. The molecule has 21 heavy (non-hydrogen) atoms. The van der Waals surface area contributed by atoms with Gasteiger partial charge in [0.1, 0.15) is 0 Å². The molecule has 2 aliphatic heterocycles. The largest absolute Gasteiger partial charge is 0.336 e. The Kier molecular flexibility index (Phi) is 4.51. The van der Waals surface area contributed by atoms with Crippen LogP contribution < -0.4 is 5.32 Å². The van der Waals surface area contributed by atoms with E-state index in [0.29, 0.717) is 23.1 Å². The summed E-state index contributed by atoms with van der Waals surface area (Å²) in [6.45, 7) is 2.98. The lowest BCUT2D eigenvalue weighted by Crippen LogP contribution is -2.50. The van der Waals surface area contributed by atoms with Gasteiger partial charge in [-0.3, -0.25) is 4.79 Å². The van der Waals surface area contributed by atoms with Crippen LogP contribution in [0, 0.1) is 0 Å².